The van der Waals surface area contributed by atoms with Crippen LogP contribution in [0.25, 0.3) is 5.69 Å². The van der Waals surface area contributed by atoms with Gasteiger partial charge in [0.2, 0.25) is 0 Å². The Hall–Kier alpha value is -1.37. The van der Waals surface area contributed by atoms with Gasteiger partial charge in [0.1, 0.15) is 0 Å². The molecule has 6 nitrogen and oxygen atoms in total. The van der Waals surface area contributed by atoms with E-state index in [0.29, 0.717) is 0 Å². The molecule has 7 heteroatoms. The van der Waals surface area contributed by atoms with E-state index < -0.39 is 0 Å². The van der Waals surface area contributed by atoms with Crippen LogP contribution in [0, 0.1) is 0 Å². The van der Waals surface area contributed by atoms with Crippen LogP contribution < -0.4 is 8.55 Å². The molecule has 0 aliphatic rings. The Morgan fingerprint density at radius 2 is 2.19 bits per heavy atom. The fourth-order valence-electron chi connectivity index (χ4n) is 1.12. The van der Waals surface area contributed by atoms with Crippen molar-refractivity contribution >= 4 is 43.0 Å². The molecule has 2 aromatic heterocycles. The summed E-state index contributed by atoms with van der Waals surface area (Å²) in [4.78, 5) is 12.4. The fraction of sp³-hybridized carbons (Fsp3) is 0. The van der Waals surface area contributed by atoms with Crippen molar-refractivity contribution < 1.29 is 9.90 Å². The number of carboxylic acid groups (broad SMARTS) is 1. The first-order valence-corrected chi connectivity index (χ1v) is 5.49. The van der Waals surface area contributed by atoms with Crippen LogP contribution in [0.2, 0.25) is 0 Å². The normalized spacial score (nSPS) is 9.12. The number of nitrogen functional groups attached to an aromatic ring is 1. The van der Waals surface area contributed by atoms with Crippen LogP contribution in [-0.2, 0) is 4.79 Å². The zero-order valence-electron chi connectivity index (χ0n) is 8.74. The van der Waals surface area contributed by atoms with E-state index in [9.17, 15) is 0 Å². The largest absolute Gasteiger partial charge is 0.483 e. The van der Waals surface area contributed by atoms with Gasteiger partial charge in [-0.2, -0.15) is 0 Å². The Labute approximate surface area is 110 Å². The smallest absolute Gasteiger partial charge is 0.290 e. The molecule has 0 aliphatic carbocycles. The van der Waals surface area contributed by atoms with E-state index in [1.54, 1.807) is 23.3 Å². The summed E-state index contributed by atoms with van der Waals surface area (Å²) in [6, 6.07) is 3.79. The maximum atomic E-state index is 8.36. The van der Waals surface area contributed by atoms with Gasteiger partial charge in [0, 0.05) is 0 Å². The zero-order valence-corrected chi connectivity index (χ0v) is 10.7. The molecule has 0 fully saturated rings. The summed E-state index contributed by atoms with van der Waals surface area (Å²) >= 11 is 0.919. The average Bonchev–Trinajstić information content (AvgIpc) is 2.62. The number of hydrogen-bond donors (Lipinski definition) is 2. The molecule has 0 bridgehead atoms. The fourth-order valence-corrected chi connectivity index (χ4v) is 1.45. The minimum Gasteiger partial charge on any atom is -0.483 e. The Bertz CT molecular complexity index is 458. The number of nitrogens with zero attached hydrogens (tertiary/aromatic N) is 3. The molecule has 3 N–H and O–H groups in total. The maximum absolute atomic E-state index is 8.36. The topological polar surface area (TPSA) is 94.0 Å². The number of rotatable bonds is 1. The summed E-state index contributed by atoms with van der Waals surface area (Å²) in [6.07, 6.45) is 5.27. The van der Waals surface area contributed by atoms with Crippen LogP contribution in [-0.4, -0.2) is 54.3 Å². The van der Waals surface area contributed by atoms with Gasteiger partial charge in [0.05, 0.1) is 0 Å². The molecule has 0 aromatic carbocycles. The molecule has 0 saturated carbocycles. The molecule has 0 atom stereocenters. The van der Waals surface area contributed by atoms with Gasteiger partial charge >= 0.3 is 93.5 Å². The number of nitrogens with two attached hydrogens (primary N) is 1. The van der Waals surface area contributed by atoms with Gasteiger partial charge in [-0.25, -0.2) is 0 Å². The van der Waals surface area contributed by atoms with Crippen LogP contribution in [0.15, 0.2) is 30.7 Å². The van der Waals surface area contributed by atoms with Gasteiger partial charge in [-0.15, -0.1) is 0 Å². The van der Waals surface area contributed by atoms with E-state index in [-0.39, 0.29) is 6.47 Å². The minimum absolute atomic E-state index is 0.250. The third-order valence-electron chi connectivity index (χ3n) is 1.89. The predicted octanol–water partition coefficient (Wildman–Crippen LogP) is -0.656. The van der Waals surface area contributed by atoms with Crippen molar-refractivity contribution in [1.29, 1.82) is 0 Å². The second-order valence-corrected chi connectivity index (χ2v) is 4.02. The van der Waals surface area contributed by atoms with Crippen LogP contribution in [0.5, 0.6) is 0 Å². The minimum atomic E-state index is -0.250. The van der Waals surface area contributed by atoms with Crippen molar-refractivity contribution in [3.8, 4) is 5.69 Å². The standard InChI is InChI=1S/C8H7N4.CH2O2.Na/c9-8-3-5-11-12(8)7-2-1-4-10-6-7;2-1-3;/h1-2,4-6H,9H2;1H,(H,2,3);. The molecule has 0 spiro atoms. The second kappa shape index (κ2) is 6.26. The third kappa shape index (κ3) is 3.06. The van der Waals surface area contributed by atoms with Crippen molar-refractivity contribution in [2.45, 2.75) is 0 Å². The molecule has 78 valence electrons. The second-order valence-electron chi connectivity index (χ2n) is 2.94. The molecule has 16 heavy (non-hydrogen) atoms. The molecule has 2 rings (SSSR count). The average molecular weight is 228 g/mol. The van der Waals surface area contributed by atoms with Gasteiger partial charge in [-0.05, 0) is 0 Å². The van der Waals surface area contributed by atoms with Gasteiger partial charge in [0.25, 0.3) is 6.47 Å². The van der Waals surface area contributed by atoms with Crippen molar-refractivity contribution in [3.05, 3.63) is 30.7 Å². The Morgan fingerprint density at radius 1 is 1.50 bits per heavy atom. The molecule has 0 amide bonds. The van der Waals surface area contributed by atoms with Crippen LogP contribution in [0.4, 0.5) is 5.82 Å². The van der Waals surface area contributed by atoms with E-state index in [4.69, 9.17) is 15.6 Å². The third-order valence-corrected chi connectivity index (χ3v) is 2.66. The zero-order chi connectivity index (χ0) is 12.0. The summed E-state index contributed by atoms with van der Waals surface area (Å²) in [5.41, 5.74) is 6.75. The van der Waals surface area contributed by atoms with Crippen molar-refractivity contribution in [2.75, 3.05) is 5.73 Å². The van der Waals surface area contributed by atoms with Crippen molar-refractivity contribution in [3.63, 3.8) is 0 Å². The Balaban J connectivity index is 0.000000386. The number of anilines is 1. The summed E-state index contributed by atoms with van der Waals surface area (Å²) in [7, 11) is 0. The molecule has 2 aromatic rings. The first-order chi connectivity index (χ1) is 7.70. The maximum Gasteiger partial charge on any atom is 0.290 e. The quantitative estimate of drug-likeness (QED) is 0.499. The van der Waals surface area contributed by atoms with Gasteiger partial charge in [-0.3, -0.25) is 4.79 Å². The van der Waals surface area contributed by atoms with E-state index in [0.717, 1.165) is 42.2 Å². The summed E-state index contributed by atoms with van der Waals surface area (Å²) < 4.78 is 2.82. The predicted molar refractivity (Wildman–Crippen MR) is 59.9 cm³/mol. The number of aromatic nitrogens is 3. The van der Waals surface area contributed by atoms with Crippen molar-refractivity contribution in [2.24, 2.45) is 0 Å². The number of hydrogen-bond acceptors (Lipinski definition) is 4. The molecule has 0 unspecified atom stereocenters. The molecule has 0 aliphatic heterocycles. The Morgan fingerprint density at radius 3 is 2.62 bits per heavy atom. The number of carbonyl (C=O) groups is 1. The first kappa shape index (κ1) is 12.7. The monoisotopic (exact) mass is 228 g/mol. The van der Waals surface area contributed by atoms with E-state index >= 15 is 0 Å². The van der Waals surface area contributed by atoms with E-state index in [1.165, 1.54) is 0 Å². The number of pyridine rings is 1. The van der Waals surface area contributed by atoms with Gasteiger partial charge < -0.3 is 5.11 Å². The summed E-state index contributed by atoms with van der Waals surface area (Å²) in [6.45, 7) is -0.250. The van der Waals surface area contributed by atoms with Crippen LogP contribution >= 0.6 is 0 Å². The van der Waals surface area contributed by atoms with Crippen LogP contribution in [0.3, 0.4) is 0 Å². The van der Waals surface area contributed by atoms with E-state index in [1.807, 2.05) is 12.1 Å². The molecule has 0 saturated heterocycles. The molecule has 0 radical (unpaired) electrons. The van der Waals surface area contributed by atoms with E-state index in [2.05, 4.69) is 10.1 Å². The summed E-state index contributed by atoms with van der Waals surface area (Å²) in [5.74, 6) is 0.722. The first-order valence-electron chi connectivity index (χ1n) is 4.49. The van der Waals surface area contributed by atoms with Crippen molar-refractivity contribution in [1.82, 2.24) is 14.8 Å². The molecular formula is C9H9N4NaO2. The molecular weight excluding hydrogens is 219 g/mol. The van der Waals surface area contributed by atoms with Gasteiger partial charge in [-0.1, -0.05) is 0 Å². The Kier molecular flexibility index (Phi) is 4.97. The summed E-state index contributed by atoms with van der Waals surface area (Å²) in [5, 5.41) is 11.1. The van der Waals surface area contributed by atoms with Gasteiger partial charge in [0.15, 0.2) is 0 Å². The SMILES string of the molecule is Nc1[c]([Na])cnn1-c1cccnc1.O=CO. The molecule has 2 heterocycles. The van der Waals surface area contributed by atoms with Crippen LogP contribution in [0.1, 0.15) is 0 Å².